The number of benzene rings is 1. The monoisotopic (exact) mass is 673 g/mol. The Kier molecular flexibility index (Phi) is 8.49. The molecule has 7 rings (SSSR count). The number of amides is 3. The molecule has 5 aliphatic rings. The number of aliphatic carboxylic acids is 1. The van der Waals surface area contributed by atoms with Gasteiger partial charge in [0, 0.05) is 52.7 Å². The predicted octanol–water partition coefficient (Wildman–Crippen LogP) is 4.60. The maximum absolute atomic E-state index is 13.8. The fraction of sp³-hybridized carbons (Fsp3) is 0.594. The number of thioether (sulfide) groups is 1. The molecule has 1 aromatic carbocycles. The van der Waals surface area contributed by atoms with Gasteiger partial charge in [-0.1, -0.05) is 29.4 Å². The topological polar surface area (TPSA) is 137 Å². The third kappa shape index (κ3) is 5.50. The van der Waals surface area contributed by atoms with E-state index < -0.39 is 11.9 Å². The van der Waals surface area contributed by atoms with Gasteiger partial charge in [-0.3, -0.25) is 28.9 Å². The molecule has 13 heteroatoms. The van der Waals surface area contributed by atoms with Gasteiger partial charge in [0.2, 0.25) is 11.8 Å². The van der Waals surface area contributed by atoms with Crippen molar-refractivity contribution in [2.45, 2.75) is 67.6 Å². The molecule has 1 aromatic heterocycles. The third-order valence-electron chi connectivity index (χ3n) is 10.5. The van der Waals surface area contributed by atoms with E-state index in [-0.39, 0.29) is 70.5 Å². The van der Waals surface area contributed by atoms with Crippen LogP contribution in [0.1, 0.15) is 67.7 Å². The molecule has 45 heavy (non-hydrogen) atoms. The van der Waals surface area contributed by atoms with Gasteiger partial charge in [0.15, 0.2) is 6.61 Å². The normalized spacial score (nSPS) is 29.9. The quantitative estimate of drug-likeness (QED) is 0.276. The maximum Gasteiger partial charge on any atom is 0.305 e. The van der Waals surface area contributed by atoms with Crippen LogP contribution < -0.4 is 9.61 Å². The van der Waals surface area contributed by atoms with Crippen LogP contribution in [-0.2, 0) is 19.2 Å². The molecule has 6 unspecified atom stereocenters. The summed E-state index contributed by atoms with van der Waals surface area (Å²) < 4.78 is 6.23. The Morgan fingerprint density at radius 3 is 2.53 bits per heavy atom. The SMILES string of the molecule is O=C(O)CCCCCN1C(=O)C2C3CC(C2C1=O)C1C3Sc2[nH]c(=O)sc2[C@@H]1c1cc(Cl)ccc1OCC(=O)N1CCCCC1. The molecule has 0 spiro atoms. The maximum atomic E-state index is 13.8. The molecule has 4 fully saturated rings. The first kappa shape index (κ1) is 30.8. The number of nitrogens with one attached hydrogen (secondary N) is 1. The number of thiazole rings is 1. The van der Waals surface area contributed by atoms with Crippen molar-refractivity contribution in [2.75, 3.05) is 26.2 Å². The Morgan fingerprint density at radius 1 is 1.02 bits per heavy atom. The number of hydrogen-bond acceptors (Lipinski definition) is 8. The highest BCUT2D eigenvalue weighted by Crippen LogP contribution is 2.69. The van der Waals surface area contributed by atoms with Gasteiger partial charge >= 0.3 is 10.8 Å². The van der Waals surface area contributed by atoms with Crippen LogP contribution in [0.3, 0.4) is 0 Å². The molecule has 2 N–H and O–H groups in total. The summed E-state index contributed by atoms with van der Waals surface area (Å²) in [7, 11) is 0. The number of aromatic nitrogens is 1. The highest BCUT2D eigenvalue weighted by Gasteiger charge is 2.69. The number of unbranched alkanes of at least 4 members (excludes halogenated alkanes) is 2. The number of nitrogens with zero attached hydrogens (tertiary/aromatic N) is 2. The summed E-state index contributed by atoms with van der Waals surface area (Å²) in [6.07, 6.45) is 5.68. The molecule has 2 aromatic rings. The number of carbonyl (C=O) groups is 4. The number of aromatic amines is 1. The number of imide groups is 1. The Morgan fingerprint density at radius 2 is 1.78 bits per heavy atom. The van der Waals surface area contributed by atoms with E-state index in [2.05, 4.69) is 4.98 Å². The number of ether oxygens (including phenoxy) is 1. The smallest absolute Gasteiger partial charge is 0.305 e. The van der Waals surface area contributed by atoms with Gasteiger partial charge in [-0.2, -0.15) is 0 Å². The average molecular weight is 674 g/mol. The zero-order valence-electron chi connectivity index (χ0n) is 24.7. The molecule has 7 atom stereocenters. The van der Waals surface area contributed by atoms with Gasteiger partial charge < -0.3 is 19.7 Å². The number of carboxylic acid groups (broad SMARTS) is 1. The number of likely N-dealkylation sites (tertiary alicyclic amines) is 2. The second-order valence-electron chi connectivity index (χ2n) is 12.9. The zero-order chi connectivity index (χ0) is 31.4. The van der Waals surface area contributed by atoms with Crippen molar-refractivity contribution < 1.29 is 29.0 Å². The van der Waals surface area contributed by atoms with Gasteiger partial charge in [-0.15, -0.1) is 11.8 Å². The highest BCUT2D eigenvalue weighted by atomic mass is 35.5. The summed E-state index contributed by atoms with van der Waals surface area (Å²) in [4.78, 5) is 71.1. The molecule has 2 saturated carbocycles. The Balaban J connectivity index is 1.17. The van der Waals surface area contributed by atoms with Crippen molar-refractivity contribution in [3.8, 4) is 5.75 Å². The van der Waals surface area contributed by atoms with Crippen LogP contribution in [0.4, 0.5) is 0 Å². The fourth-order valence-electron chi connectivity index (χ4n) is 8.64. The summed E-state index contributed by atoms with van der Waals surface area (Å²) in [5, 5.41) is 10.3. The zero-order valence-corrected chi connectivity index (χ0v) is 27.1. The van der Waals surface area contributed by atoms with Crippen molar-refractivity contribution in [1.82, 2.24) is 14.8 Å². The first-order valence-electron chi connectivity index (χ1n) is 15.9. The van der Waals surface area contributed by atoms with Crippen molar-refractivity contribution in [3.63, 3.8) is 0 Å². The van der Waals surface area contributed by atoms with Crippen LogP contribution in [0.2, 0.25) is 5.02 Å². The largest absolute Gasteiger partial charge is 0.483 e. The number of H-pyrrole nitrogens is 1. The summed E-state index contributed by atoms with van der Waals surface area (Å²) in [5.41, 5.74) is 0.803. The van der Waals surface area contributed by atoms with Crippen LogP contribution in [0, 0.1) is 29.6 Å². The Hall–Kier alpha value is -2.83. The minimum absolute atomic E-state index is 0.00764. The summed E-state index contributed by atoms with van der Waals surface area (Å²) in [5.74, 6) is -1.74. The fourth-order valence-corrected chi connectivity index (χ4v) is 11.7. The van der Waals surface area contributed by atoms with Crippen molar-refractivity contribution >= 4 is 58.4 Å². The van der Waals surface area contributed by atoms with E-state index in [0.29, 0.717) is 36.6 Å². The second-order valence-corrected chi connectivity index (χ2v) is 15.5. The van der Waals surface area contributed by atoms with Crippen molar-refractivity contribution in [2.24, 2.45) is 29.6 Å². The van der Waals surface area contributed by atoms with E-state index >= 15 is 0 Å². The number of halogens is 1. The van der Waals surface area contributed by atoms with E-state index in [1.165, 1.54) is 16.2 Å². The van der Waals surface area contributed by atoms with Crippen molar-refractivity contribution in [3.05, 3.63) is 43.3 Å². The molecule has 2 aliphatic carbocycles. The van der Waals surface area contributed by atoms with Gasteiger partial charge in [-0.25, -0.2) is 0 Å². The van der Waals surface area contributed by atoms with E-state index in [9.17, 15) is 24.0 Å². The minimum Gasteiger partial charge on any atom is -0.483 e. The predicted molar refractivity (Wildman–Crippen MR) is 169 cm³/mol. The molecule has 2 bridgehead atoms. The van der Waals surface area contributed by atoms with Crippen LogP contribution in [0.25, 0.3) is 0 Å². The summed E-state index contributed by atoms with van der Waals surface area (Å²) in [6.45, 7) is 1.69. The van der Waals surface area contributed by atoms with Crippen LogP contribution >= 0.6 is 34.7 Å². The lowest BCUT2D eigenvalue weighted by atomic mass is 9.68. The number of piperidine rings is 1. The second kappa shape index (κ2) is 12.4. The van der Waals surface area contributed by atoms with Gasteiger partial charge in [0.05, 0.1) is 16.9 Å². The number of rotatable bonds is 10. The molecule has 0 radical (unpaired) electrons. The third-order valence-corrected chi connectivity index (χ3v) is 13.3. The van der Waals surface area contributed by atoms with E-state index in [1.807, 2.05) is 11.0 Å². The number of hydrogen-bond donors (Lipinski definition) is 2. The van der Waals surface area contributed by atoms with E-state index in [4.69, 9.17) is 21.4 Å². The van der Waals surface area contributed by atoms with Gasteiger partial charge in [0.25, 0.3) is 5.91 Å². The van der Waals surface area contributed by atoms with Gasteiger partial charge in [0.1, 0.15) is 5.75 Å². The molecule has 2 saturated heterocycles. The lowest BCUT2D eigenvalue weighted by Gasteiger charge is -2.43. The molecular formula is C32H36ClN3O7S2. The van der Waals surface area contributed by atoms with Crippen molar-refractivity contribution in [1.29, 1.82) is 0 Å². The number of carbonyl (C=O) groups excluding carboxylic acids is 3. The Labute approximate surface area is 273 Å². The molecule has 4 heterocycles. The lowest BCUT2D eigenvalue weighted by molar-refractivity contribution is -0.141. The molecular weight excluding hydrogens is 638 g/mol. The lowest BCUT2D eigenvalue weighted by Crippen LogP contribution is -2.43. The van der Waals surface area contributed by atoms with Crippen LogP contribution in [0.15, 0.2) is 28.0 Å². The minimum atomic E-state index is -0.846. The summed E-state index contributed by atoms with van der Waals surface area (Å²) >= 11 is 9.36. The number of fused-ring (bicyclic) bond motifs is 9. The Bertz CT molecular complexity index is 1590. The van der Waals surface area contributed by atoms with Gasteiger partial charge in [-0.05, 0) is 74.5 Å². The van der Waals surface area contributed by atoms with Crippen LogP contribution in [0.5, 0.6) is 5.75 Å². The standard InChI is InChI=1S/C32H36ClN3O7S2/c33-16-8-9-20(43-15-21(37)35-10-4-2-5-11-35)17(13-16)23-24-18-14-19(27(24)44-29-28(23)45-32(42)34-29)26-25(18)30(40)36(31(26)41)12-6-1-3-7-22(38)39/h8-9,13,18-19,23-27H,1-7,10-12,14-15H2,(H,34,42)(H,38,39)/t18?,19?,23-,24?,25?,26?,27?/m1/s1. The first-order valence-corrected chi connectivity index (χ1v) is 18.0. The number of carboxylic acids is 1. The first-order chi connectivity index (χ1) is 21.7. The summed E-state index contributed by atoms with van der Waals surface area (Å²) in [6, 6.07) is 5.40. The highest BCUT2D eigenvalue weighted by molar-refractivity contribution is 8.00. The molecule has 3 amide bonds. The molecule has 10 nitrogen and oxygen atoms in total. The van der Waals surface area contributed by atoms with E-state index in [0.717, 1.165) is 54.2 Å². The van der Waals surface area contributed by atoms with Crippen LogP contribution in [-0.4, -0.2) is 75.1 Å². The van der Waals surface area contributed by atoms with E-state index in [1.54, 1.807) is 23.9 Å². The molecule has 240 valence electrons. The molecule has 3 aliphatic heterocycles. The average Bonchev–Trinajstić information content (AvgIpc) is 3.76.